The number of hydrogen-bond acceptors (Lipinski definition) is 7. The summed E-state index contributed by atoms with van der Waals surface area (Å²) in [5.41, 5.74) is 3.00. The molecular formula is C23H32N6O2. The third-order valence-corrected chi connectivity index (χ3v) is 6.18. The van der Waals surface area contributed by atoms with Gasteiger partial charge in [0.15, 0.2) is 0 Å². The molecule has 1 amide bonds. The van der Waals surface area contributed by atoms with E-state index in [1.54, 1.807) is 6.07 Å². The number of aromatic nitrogens is 2. The van der Waals surface area contributed by atoms with E-state index >= 15 is 0 Å². The van der Waals surface area contributed by atoms with Crippen molar-refractivity contribution in [2.75, 3.05) is 31.5 Å². The third kappa shape index (κ3) is 5.78. The molecule has 0 spiro atoms. The summed E-state index contributed by atoms with van der Waals surface area (Å²) in [5, 5.41) is 20.3. The number of amides is 1. The first-order chi connectivity index (χ1) is 15.1. The monoisotopic (exact) mass is 424 g/mol. The first-order valence-corrected chi connectivity index (χ1v) is 11.2. The Balaban J connectivity index is 1.29. The van der Waals surface area contributed by atoms with Gasteiger partial charge in [0.05, 0.1) is 12.1 Å². The molecule has 8 nitrogen and oxygen atoms in total. The second kappa shape index (κ2) is 10.2. The lowest BCUT2D eigenvalue weighted by Crippen LogP contribution is -2.47. The highest BCUT2D eigenvalue weighted by atomic mass is 16.3. The number of β-amino-alcohol motifs (C(OH)–C–C–N with tert-alkyl or cyclic N) is 1. The third-order valence-electron chi connectivity index (χ3n) is 6.18. The fraction of sp³-hybridized carbons (Fsp3) is 0.522. The van der Waals surface area contributed by atoms with Crippen molar-refractivity contribution >= 4 is 11.7 Å². The molecule has 2 unspecified atom stereocenters. The van der Waals surface area contributed by atoms with E-state index in [2.05, 4.69) is 55.1 Å². The van der Waals surface area contributed by atoms with E-state index in [1.165, 1.54) is 17.5 Å². The van der Waals surface area contributed by atoms with Crippen LogP contribution in [0.25, 0.3) is 0 Å². The molecule has 2 aromatic rings. The van der Waals surface area contributed by atoms with Crippen molar-refractivity contribution in [2.45, 2.75) is 50.9 Å². The molecule has 1 aromatic heterocycles. The normalized spacial score (nSPS) is 19.3. The van der Waals surface area contributed by atoms with Gasteiger partial charge in [0.25, 0.3) is 5.91 Å². The lowest BCUT2D eigenvalue weighted by Gasteiger charge is -2.32. The SMILES string of the molecule is CC(NC(=O)c1cc(NC2CCNCC2)ncn1)C(O)CN1CCc2ccccc2C1. The van der Waals surface area contributed by atoms with Gasteiger partial charge >= 0.3 is 0 Å². The topological polar surface area (TPSA) is 102 Å². The fourth-order valence-electron chi connectivity index (χ4n) is 4.25. The summed E-state index contributed by atoms with van der Waals surface area (Å²) < 4.78 is 0. The summed E-state index contributed by atoms with van der Waals surface area (Å²) >= 11 is 0. The smallest absolute Gasteiger partial charge is 0.270 e. The molecule has 1 saturated heterocycles. The Kier molecular flexibility index (Phi) is 7.11. The summed E-state index contributed by atoms with van der Waals surface area (Å²) in [6.45, 7) is 6.04. The van der Waals surface area contributed by atoms with Crippen LogP contribution in [0.3, 0.4) is 0 Å². The summed E-state index contributed by atoms with van der Waals surface area (Å²) in [6, 6.07) is 10.1. The Bertz CT molecular complexity index is 886. The van der Waals surface area contributed by atoms with Crippen LogP contribution in [-0.4, -0.2) is 70.2 Å². The molecule has 31 heavy (non-hydrogen) atoms. The lowest BCUT2D eigenvalue weighted by atomic mass is 9.99. The number of nitrogens with zero attached hydrogens (tertiary/aromatic N) is 3. The quantitative estimate of drug-likeness (QED) is 0.529. The average Bonchev–Trinajstić information content (AvgIpc) is 2.80. The van der Waals surface area contributed by atoms with E-state index in [0.717, 1.165) is 45.4 Å². The molecule has 0 radical (unpaired) electrons. The van der Waals surface area contributed by atoms with Crippen LogP contribution in [0, 0.1) is 0 Å². The van der Waals surface area contributed by atoms with Crippen LogP contribution in [0.15, 0.2) is 36.7 Å². The Morgan fingerprint density at radius 3 is 2.84 bits per heavy atom. The van der Waals surface area contributed by atoms with Gasteiger partial charge in [-0.05, 0) is 50.4 Å². The molecule has 0 saturated carbocycles. The standard InChI is InChI=1S/C23H32N6O2/c1-16(21(30)14-29-11-8-17-4-2-3-5-18(17)13-29)27-23(31)20-12-22(26-15-25-20)28-19-6-9-24-10-7-19/h2-5,12,15-16,19,21,24,30H,6-11,13-14H2,1H3,(H,27,31)(H,25,26,28). The van der Waals surface area contributed by atoms with E-state index in [4.69, 9.17) is 0 Å². The van der Waals surface area contributed by atoms with Gasteiger partial charge in [-0.25, -0.2) is 9.97 Å². The molecule has 1 fully saturated rings. The van der Waals surface area contributed by atoms with Crippen LogP contribution in [0.5, 0.6) is 0 Å². The largest absolute Gasteiger partial charge is 0.390 e. The molecular weight excluding hydrogens is 392 g/mol. The van der Waals surface area contributed by atoms with Gasteiger partial charge in [-0.15, -0.1) is 0 Å². The number of aliphatic hydroxyl groups is 1. The van der Waals surface area contributed by atoms with Crippen molar-refractivity contribution in [2.24, 2.45) is 0 Å². The van der Waals surface area contributed by atoms with Crippen molar-refractivity contribution in [3.63, 3.8) is 0 Å². The van der Waals surface area contributed by atoms with Crippen molar-refractivity contribution < 1.29 is 9.90 Å². The zero-order valence-electron chi connectivity index (χ0n) is 18.1. The highest BCUT2D eigenvalue weighted by Crippen LogP contribution is 2.19. The number of carbonyl (C=O) groups is 1. The number of anilines is 1. The predicted octanol–water partition coefficient (Wildman–Crippen LogP) is 1.18. The second-order valence-electron chi connectivity index (χ2n) is 8.54. The number of carbonyl (C=O) groups excluding carboxylic acids is 1. The van der Waals surface area contributed by atoms with Gasteiger partial charge in [0, 0.05) is 31.7 Å². The van der Waals surface area contributed by atoms with Crippen LogP contribution in [-0.2, 0) is 13.0 Å². The Hall–Kier alpha value is -2.55. The molecule has 2 aliphatic heterocycles. The lowest BCUT2D eigenvalue weighted by molar-refractivity contribution is 0.0681. The number of benzene rings is 1. The molecule has 2 atom stereocenters. The summed E-state index contributed by atoms with van der Waals surface area (Å²) in [5.74, 6) is 0.360. The molecule has 8 heteroatoms. The van der Waals surface area contributed by atoms with E-state index < -0.39 is 6.10 Å². The summed E-state index contributed by atoms with van der Waals surface area (Å²) in [4.78, 5) is 23.3. The first-order valence-electron chi connectivity index (χ1n) is 11.2. The van der Waals surface area contributed by atoms with E-state index in [9.17, 15) is 9.90 Å². The van der Waals surface area contributed by atoms with Crippen molar-refractivity contribution in [3.8, 4) is 0 Å². The van der Waals surface area contributed by atoms with Crippen molar-refractivity contribution in [1.82, 2.24) is 25.5 Å². The van der Waals surface area contributed by atoms with Crippen LogP contribution < -0.4 is 16.0 Å². The van der Waals surface area contributed by atoms with Gasteiger partial charge in [-0.2, -0.15) is 0 Å². The summed E-state index contributed by atoms with van der Waals surface area (Å²) in [7, 11) is 0. The Labute approximate surface area is 183 Å². The molecule has 1 aromatic carbocycles. The minimum absolute atomic E-state index is 0.300. The molecule has 0 aliphatic carbocycles. The van der Waals surface area contributed by atoms with Gasteiger partial charge in [-0.3, -0.25) is 9.69 Å². The Morgan fingerprint density at radius 1 is 1.26 bits per heavy atom. The average molecular weight is 425 g/mol. The van der Waals surface area contributed by atoms with Gasteiger partial charge in [0.1, 0.15) is 17.8 Å². The second-order valence-corrected chi connectivity index (χ2v) is 8.54. The molecule has 4 rings (SSSR count). The highest BCUT2D eigenvalue weighted by molar-refractivity contribution is 5.93. The van der Waals surface area contributed by atoms with Gasteiger partial charge in [-0.1, -0.05) is 24.3 Å². The molecule has 4 N–H and O–H groups in total. The van der Waals surface area contributed by atoms with Crippen LogP contribution >= 0.6 is 0 Å². The minimum Gasteiger partial charge on any atom is -0.390 e. The molecule has 3 heterocycles. The van der Waals surface area contributed by atoms with Crippen molar-refractivity contribution in [1.29, 1.82) is 0 Å². The van der Waals surface area contributed by atoms with E-state index in [0.29, 0.717) is 24.1 Å². The molecule has 0 bridgehead atoms. The highest BCUT2D eigenvalue weighted by Gasteiger charge is 2.23. The zero-order chi connectivity index (χ0) is 21.6. The Morgan fingerprint density at radius 2 is 2.03 bits per heavy atom. The number of rotatable bonds is 7. The van der Waals surface area contributed by atoms with Crippen LogP contribution in [0.2, 0.25) is 0 Å². The summed E-state index contributed by atoms with van der Waals surface area (Å²) in [6.07, 6.45) is 3.77. The number of aliphatic hydroxyl groups excluding tert-OH is 1. The molecule has 166 valence electrons. The maximum Gasteiger partial charge on any atom is 0.270 e. The predicted molar refractivity (Wildman–Crippen MR) is 120 cm³/mol. The zero-order valence-corrected chi connectivity index (χ0v) is 18.1. The van der Waals surface area contributed by atoms with Crippen LogP contribution in [0.4, 0.5) is 5.82 Å². The van der Waals surface area contributed by atoms with Gasteiger partial charge in [0.2, 0.25) is 0 Å². The number of hydrogen-bond donors (Lipinski definition) is 4. The number of nitrogens with one attached hydrogen (secondary N) is 3. The van der Waals surface area contributed by atoms with Gasteiger partial charge < -0.3 is 21.1 Å². The maximum absolute atomic E-state index is 12.7. The first kappa shape index (κ1) is 21.7. The number of piperidine rings is 1. The van der Waals surface area contributed by atoms with Crippen LogP contribution in [0.1, 0.15) is 41.4 Å². The fourth-order valence-corrected chi connectivity index (χ4v) is 4.25. The minimum atomic E-state index is -0.664. The number of fused-ring (bicyclic) bond motifs is 1. The van der Waals surface area contributed by atoms with E-state index in [1.807, 2.05) is 6.92 Å². The molecule has 2 aliphatic rings. The maximum atomic E-state index is 12.7. The van der Waals surface area contributed by atoms with Crippen molar-refractivity contribution in [3.05, 3.63) is 53.5 Å². The van der Waals surface area contributed by atoms with E-state index in [-0.39, 0.29) is 11.9 Å².